The van der Waals surface area contributed by atoms with Crippen molar-refractivity contribution in [3.05, 3.63) is 40.3 Å². The van der Waals surface area contributed by atoms with Crippen LogP contribution in [0, 0.1) is 0 Å². The number of rotatable bonds is 4. The number of pyridine rings is 1. The number of aromatic nitrogens is 3. The van der Waals surface area contributed by atoms with Crippen LogP contribution < -0.4 is 5.32 Å². The molecule has 0 aliphatic heterocycles. The summed E-state index contributed by atoms with van der Waals surface area (Å²) in [6.45, 7) is 6.01. The molecule has 0 saturated heterocycles. The van der Waals surface area contributed by atoms with Gasteiger partial charge in [-0.2, -0.15) is 5.10 Å². The van der Waals surface area contributed by atoms with Crippen molar-refractivity contribution in [1.82, 2.24) is 15.2 Å². The average molecular weight is 293 g/mol. The number of nitrogens with one attached hydrogen (secondary N) is 2. The molecule has 0 spiro atoms. The lowest BCUT2D eigenvalue weighted by Gasteiger charge is -2.09. The van der Waals surface area contributed by atoms with E-state index < -0.39 is 0 Å². The van der Waals surface area contributed by atoms with E-state index >= 15 is 0 Å². The Hall–Kier alpha value is -1.88. The summed E-state index contributed by atoms with van der Waals surface area (Å²) in [5.41, 5.74) is 2.25. The first kappa shape index (κ1) is 14.5. The molecule has 2 N–H and O–H groups in total. The highest BCUT2D eigenvalue weighted by atomic mass is 35.5. The van der Waals surface area contributed by atoms with E-state index in [2.05, 4.69) is 20.5 Å². The highest BCUT2D eigenvalue weighted by Crippen LogP contribution is 2.19. The van der Waals surface area contributed by atoms with Gasteiger partial charge in [-0.05, 0) is 24.5 Å². The molecule has 0 radical (unpaired) electrons. The number of nitrogens with zero attached hydrogens (tertiary/aromatic N) is 2. The van der Waals surface area contributed by atoms with Gasteiger partial charge in [0.15, 0.2) is 0 Å². The lowest BCUT2D eigenvalue weighted by molar-refractivity contribution is 0.102. The number of carbonyl (C=O) groups excluding carboxylic acids is 1. The summed E-state index contributed by atoms with van der Waals surface area (Å²) >= 11 is 5.97. The van der Waals surface area contributed by atoms with E-state index in [1.54, 1.807) is 18.3 Å². The van der Waals surface area contributed by atoms with Crippen molar-refractivity contribution < 1.29 is 4.79 Å². The Morgan fingerprint density at radius 1 is 1.45 bits per heavy atom. The predicted molar refractivity (Wildman–Crippen MR) is 79.3 cm³/mol. The van der Waals surface area contributed by atoms with Crippen LogP contribution in [0.5, 0.6) is 0 Å². The molecule has 20 heavy (non-hydrogen) atoms. The molecule has 6 heteroatoms. The number of halogens is 1. The number of H-pyrrole nitrogens is 1. The van der Waals surface area contributed by atoms with Crippen LogP contribution in [0.1, 0.15) is 48.3 Å². The maximum Gasteiger partial charge on any atom is 0.256 e. The van der Waals surface area contributed by atoms with Gasteiger partial charge in [0.05, 0.1) is 6.20 Å². The molecule has 2 rings (SSSR count). The molecular formula is C14H17ClN4O. The van der Waals surface area contributed by atoms with E-state index in [9.17, 15) is 4.79 Å². The largest absolute Gasteiger partial charge is 0.307 e. The van der Waals surface area contributed by atoms with Crippen molar-refractivity contribution in [3.63, 3.8) is 0 Å². The number of carbonyl (C=O) groups is 1. The monoisotopic (exact) mass is 292 g/mol. The quantitative estimate of drug-likeness (QED) is 0.849. The minimum absolute atomic E-state index is 0.207. The topological polar surface area (TPSA) is 70.7 Å². The van der Waals surface area contributed by atoms with E-state index in [1.807, 2.05) is 20.8 Å². The van der Waals surface area contributed by atoms with Crippen LogP contribution in [-0.2, 0) is 6.42 Å². The standard InChI is InChI=1S/C14H17ClN4O/c1-4-9-7-16-19-13(9)18-14(20)10-5-11(8(2)3)17-12(15)6-10/h5-8H,4H2,1-3H3,(H2,16,18,19,20). The number of aromatic amines is 1. The Balaban J connectivity index is 2.25. The van der Waals surface area contributed by atoms with E-state index in [1.165, 1.54) is 0 Å². The molecule has 0 unspecified atom stereocenters. The van der Waals surface area contributed by atoms with Crippen LogP contribution in [0.25, 0.3) is 0 Å². The predicted octanol–water partition coefficient (Wildman–Crippen LogP) is 3.40. The van der Waals surface area contributed by atoms with Gasteiger partial charge < -0.3 is 5.32 Å². The zero-order chi connectivity index (χ0) is 14.7. The Labute approximate surface area is 122 Å². The Morgan fingerprint density at radius 2 is 2.20 bits per heavy atom. The van der Waals surface area contributed by atoms with Gasteiger partial charge in [0.25, 0.3) is 5.91 Å². The molecule has 2 aromatic heterocycles. The maximum absolute atomic E-state index is 12.3. The van der Waals surface area contributed by atoms with Crippen LogP contribution in [-0.4, -0.2) is 21.1 Å². The van der Waals surface area contributed by atoms with Crippen molar-refractivity contribution in [2.24, 2.45) is 0 Å². The molecular weight excluding hydrogens is 276 g/mol. The molecule has 0 aliphatic carbocycles. The number of aryl methyl sites for hydroxylation is 1. The Bertz CT molecular complexity index is 621. The van der Waals surface area contributed by atoms with Crippen molar-refractivity contribution in [1.29, 1.82) is 0 Å². The van der Waals surface area contributed by atoms with E-state index in [-0.39, 0.29) is 11.8 Å². The molecule has 0 atom stereocenters. The molecule has 0 aliphatic rings. The van der Waals surface area contributed by atoms with Crippen LogP contribution in [0.3, 0.4) is 0 Å². The zero-order valence-electron chi connectivity index (χ0n) is 11.7. The highest BCUT2D eigenvalue weighted by molar-refractivity contribution is 6.29. The van der Waals surface area contributed by atoms with Gasteiger partial charge in [0, 0.05) is 16.8 Å². The number of amides is 1. The number of anilines is 1. The van der Waals surface area contributed by atoms with Crippen LogP contribution in [0.15, 0.2) is 18.3 Å². The summed E-state index contributed by atoms with van der Waals surface area (Å²) in [6.07, 6.45) is 2.50. The first-order valence-electron chi connectivity index (χ1n) is 6.52. The highest BCUT2D eigenvalue weighted by Gasteiger charge is 2.13. The van der Waals surface area contributed by atoms with Gasteiger partial charge in [0.2, 0.25) is 0 Å². The van der Waals surface area contributed by atoms with Gasteiger partial charge in [-0.3, -0.25) is 9.89 Å². The normalized spacial score (nSPS) is 10.8. The molecule has 2 aromatic rings. The smallest absolute Gasteiger partial charge is 0.256 e. The first-order chi connectivity index (χ1) is 9.51. The third-order valence-electron chi connectivity index (χ3n) is 3.00. The van der Waals surface area contributed by atoms with Gasteiger partial charge in [-0.25, -0.2) is 4.98 Å². The number of hydrogen-bond donors (Lipinski definition) is 2. The number of hydrogen-bond acceptors (Lipinski definition) is 3. The summed E-state index contributed by atoms with van der Waals surface area (Å²) < 4.78 is 0. The van der Waals surface area contributed by atoms with E-state index in [0.29, 0.717) is 16.5 Å². The molecule has 0 fully saturated rings. The fourth-order valence-corrected chi connectivity index (χ4v) is 2.03. The summed E-state index contributed by atoms with van der Waals surface area (Å²) in [5.74, 6) is 0.602. The van der Waals surface area contributed by atoms with Gasteiger partial charge in [-0.15, -0.1) is 0 Å². The van der Waals surface area contributed by atoms with E-state index in [4.69, 9.17) is 11.6 Å². The summed E-state index contributed by atoms with van der Waals surface area (Å²) in [4.78, 5) is 16.5. The molecule has 106 valence electrons. The fourth-order valence-electron chi connectivity index (χ4n) is 1.82. The average Bonchev–Trinajstić information content (AvgIpc) is 2.85. The first-order valence-corrected chi connectivity index (χ1v) is 6.90. The van der Waals surface area contributed by atoms with Crippen molar-refractivity contribution in [2.45, 2.75) is 33.1 Å². The van der Waals surface area contributed by atoms with Crippen molar-refractivity contribution in [2.75, 3.05) is 5.32 Å². The molecule has 1 amide bonds. The fraction of sp³-hybridized carbons (Fsp3) is 0.357. The SMILES string of the molecule is CCc1cn[nH]c1NC(=O)c1cc(Cl)nc(C(C)C)c1. The lowest BCUT2D eigenvalue weighted by Crippen LogP contribution is -2.14. The maximum atomic E-state index is 12.3. The van der Waals surface area contributed by atoms with E-state index in [0.717, 1.165) is 17.7 Å². The minimum atomic E-state index is -0.227. The van der Waals surface area contributed by atoms with Crippen LogP contribution in [0.4, 0.5) is 5.82 Å². The summed E-state index contributed by atoms with van der Waals surface area (Å²) in [6, 6.07) is 3.32. The molecule has 0 bridgehead atoms. The van der Waals surface area contributed by atoms with Crippen LogP contribution >= 0.6 is 11.6 Å². The van der Waals surface area contributed by atoms with Gasteiger partial charge in [0.1, 0.15) is 11.0 Å². The Morgan fingerprint density at radius 3 is 2.85 bits per heavy atom. The molecule has 0 aromatic carbocycles. The van der Waals surface area contributed by atoms with Crippen LogP contribution in [0.2, 0.25) is 5.15 Å². The van der Waals surface area contributed by atoms with Crippen molar-refractivity contribution in [3.8, 4) is 0 Å². The summed E-state index contributed by atoms with van der Waals surface area (Å²) in [7, 11) is 0. The molecule has 2 heterocycles. The Kier molecular flexibility index (Phi) is 4.39. The molecule has 5 nitrogen and oxygen atoms in total. The summed E-state index contributed by atoms with van der Waals surface area (Å²) in [5, 5.41) is 9.83. The van der Waals surface area contributed by atoms with Crippen molar-refractivity contribution >= 4 is 23.3 Å². The lowest BCUT2D eigenvalue weighted by atomic mass is 10.1. The second-order valence-electron chi connectivity index (χ2n) is 4.84. The van der Waals surface area contributed by atoms with Gasteiger partial charge in [-0.1, -0.05) is 32.4 Å². The second-order valence-corrected chi connectivity index (χ2v) is 5.22. The minimum Gasteiger partial charge on any atom is -0.307 e. The third kappa shape index (κ3) is 3.17. The zero-order valence-corrected chi connectivity index (χ0v) is 12.5. The third-order valence-corrected chi connectivity index (χ3v) is 3.20. The second kappa shape index (κ2) is 6.05. The molecule has 0 saturated carbocycles. The van der Waals surface area contributed by atoms with Gasteiger partial charge >= 0.3 is 0 Å².